The van der Waals surface area contributed by atoms with Crippen LogP contribution in [0.5, 0.6) is 0 Å². The number of benzene rings is 8. The van der Waals surface area contributed by atoms with Gasteiger partial charge in [-0.15, -0.1) is 0 Å². The molecule has 9 rings (SSSR count). The summed E-state index contributed by atoms with van der Waals surface area (Å²) in [5.41, 5.74) is -5.89. The van der Waals surface area contributed by atoms with Gasteiger partial charge in [-0.25, -0.2) is 0 Å². The third-order valence-electron chi connectivity index (χ3n) is 6.89. The minimum Gasteiger partial charge on any atom is -0.456 e. The van der Waals surface area contributed by atoms with Crippen LogP contribution in [0.3, 0.4) is 0 Å². The lowest BCUT2D eigenvalue weighted by Gasteiger charge is -2.19. The minimum absolute atomic E-state index is 0.454. The van der Waals surface area contributed by atoms with E-state index in [0.717, 1.165) is 0 Å². The van der Waals surface area contributed by atoms with Gasteiger partial charge in [0.25, 0.3) is 0 Å². The van der Waals surface area contributed by atoms with Crippen LogP contribution in [-0.4, -0.2) is 0 Å². The maximum atomic E-state index is 10.0. The van der Waals surface area contributed by atoms with Gasteiger partial charge in [-0.3, -0.25) is 0 Å². The van der Waals surface area contributed by atoms with E-state index < -0.39 is 245 Å². The Morgan fingerprint density at radius 2 is 0.884 bits per heavy atom. The molecule has 0 spiro atoms. The summed E-state index contributed by atoms with van der Waals surface area (Å²) in [7, 11) is 0. The topological polar surface area (TPSA) is 13.1 Å². The van der Waals surface area contributed by atoms with Crippen LogP contribution in [0.1, 0.15) is 35.6 Å². The molecule has 0 aliphatic heterocycles. The van der Waals surface area contributed by atoms with Crippen molar-refractivity contribution in [2.75, 3.05) is 0 Å². The zero-order valence-electron chi connectivity index (χ0n) is 47.4. The van der Waals surface area contributed by atoms with Crippen molar-refractivity contribution in [3.05, 3.63) is 157 Å². The van der Waals surface area contributed by atoms with Gasteiger partial charge in [0.2, 0.25) is 0 Å². The number of para-hydroxylation sites is 1. The van der Waals surface area contributed by atoms with E-state index in [1.54, 1.807) is 0 Å². The van der Waals surface area contributed by atoms with E-state index >= 15 is 0 Å². The average Bonchev–Trinajstić information content (AvgIpc) is 3.73. The van der Waals surface area contributed by atoms with Crippen LogP contribution >= 0.6 is 0 Å². The summed E-state index contributed by atoms with van der Waals surface area (Å²) in [6.07, 6.45) is 0. The van der Waals surface area contributed by atoms with Crippen molar-refractivity contribution in [2.24, 2.45) is 0 Å². The summed E-state index contributed by atoms with van der Waals surface area (Å²) in [6.45, 7) is 0. The van der Waals surface area contributed by atoms with Crippen molar-refractivity contribution in [1.29, 1.82) is 0 Å². The normalized spacial score (nSPS) is 20.2. The molecular weight excluding hydrogens is 520 g/mol. The van der Waals surface area contributed by atoms with E-state index in [2.05, 4.69) is 0 Å². The second-order valence-electron chi connectivity index (χ2n) is 9.26. The predicted octanol–water partition coefficient (Wildman–Crippen LogP) is 12.0. The first-order valence-electron chi connectivity index (χ1n) is 25.7. The van der Waals surface area contributed by atoms with Gasteiger partial charge in [0.15, 0.2) is 0 Å². The van der Waals surface area contributed by atoms with Gasteiger partial charge in [0.1, 0.15) is 11.2 Å². The summed E-state index contributed by atoms with van der Waals surface area (Å²) in [6, 6.07) is -23.8. The molecule has 0 fully saturated rings. The van der Waals surface area contributed by atoms with Crippen LogP contribution in [0.2, 0.25) is 0 Å². The summed E-state index contributed by atoms with van der Waals surface area (Å²) in [5, 5.41) is -5.18. The largest absolute Gasteiger partial charge is 0.456 e. The molecule has 0 amide bonds. The highest BCUT2D eigenvalue weighted by molar-refractivity contribution is 6.22. The summed E-state index contributed by atoms with van der Waals surface area (Å²) < 4.78 is 238. The van der Waals surface area contributed by atoms with Crippen molar-refractivity contribution < 1.29 is 40.1 Å². The standard InChI is InChI=1S/C42H26O/c1-2-11-28(12-3-1)41-34-15-6-7-16-35(34)42(32-21-23-40-37(26-32)33-14-8-9-17-39(33)43-40)38-25-31(20-22-36(38)41)30-19-18-27-10-4-5-13-29(27)24-30/h1-26H/i1D,2D,3D,4D,5D,6D,7D,8D,9D,10D,11D,12D,13D,14D,15D,16D,17D,18D,19D,20D,21D,22D,23D,24D,25D,26D. The summed E-state index contributed by atoms with van der Waals surface area (Å²) >= 11 is 0. The fraction of sp³-hybridized carbons (Fsp3) is 0. The van der Waals surface area contributed by atoms with E-state index in [0.29, 0.717) is 0 Å². The monoisotopic (exact) mass is 572 g/mol. The van der Waals surface area contributed by atoms with Crippen molar-refractivity contribution in [3.8, 4) is 33.4 Å². The summed E-state index contributed by atoms with van der Waals surface area (Å²) in [5.74, 6) is 0. The van der Waals surface area contributed by atoms with E-state index in [1.807, 2.05) is 0 Å². The molecule has 0 atom stereocenters. The zero-order chi connectivity index (χ0) is 51.0. The molecule has 1 aromatic heterocycles. The van der Waals surface area contributed by atoms with Gasteiger partial charge < -0.3 is 4.42 Å². The highest BCUT2D eigenvalue weighted by Crippen LogP contribution is 2.45. The predicted molar refractivity (Wildman–Crippen MR) is 183 cm³/mol. The van der Waals surface area contributed by atoms with Crippen LogP contribution in [-0.2, 0) is 0 Å². The number of rotatable bonds is 3. The first-order chi connectivity index (χ1) is 32.2. The molecule has 9 aromatic rings. The van der Waals surface area contributed by atoms with Crippen LogP contribution in [0.4, 0.5) is 0 Å². The van der Waals surface area contributed by atoms with Gasteiger partial charge in [-0.05, 0) is 95.9 Å². The lowest BCUT2D eigenvalue weighted by Crippen LogP contribution is -1.91. The van der Waals surface area contributed by atoms with E-state index in [9.17, 15) is 12.3 Å². The molecule has 0 saturated heterocycles. The molecule has 1 nitrogen and oxygen atoms in total. The second kappa shape index (κ2) is 9.44. The Morgan fingerprint density at radius 3 is 1.72 bits per heavy atom. The molecule has 1 heteroatoms. The fourth-order valence-corrected chi connectivity index (χ4v) is 5.05. The van der Waals surface area contributed by atoms with Crippen LogP contribution in [0, 0.1) is 0 Å². The molecule has 8 aromatic carbocycles. The Balaban J connectivity index is 1.68. The molecule has 0 saturated carbocycles. The quantitative estimate of drug-likeness (QED) is 0.192. The highest BCUT2D eigenvalue weighted by Gasteiger charge is 2.18. The molecule has 0 aliphatic carbocycles. The van der Waals surface area contributed by atoms with Crippen molar-refractivity contribution in [2.45, 2.75) is 0 Å². The minimum atomic E-state index is -1.07. The Morgan fingerprint density at radius 1 is 0.326 bits per heavy atom. The first kappa shape index (κ1) is 9.69. The molecule has 1 heterocycles. The molecular formula is C42H26O. The van der Waals surface area contributed by atoms with Crippen molar-refractivity contribution in [3.63, 3.8) is 0 Å². The maximum absolute atomic E-state index is 10.0. The first-order valence-corrected chi connectivity index (χ1v) is 12.7. The van der Waals surface area contributed by atoms with Crippen molar-refractivity contribution >= 4 is 54.3 Å². The number of hydrogen-bond donors (Lipinski definition) is 0. The number of furan rings is 1. The van der Waals surface area contributed by atoms with Crippen LogP contribution < -0.4 is 0 Å². The molecule has 200 valence electrons. The summed E-state index contributed by atoms with van der Waals surface area (Å²) in [4.78, 5) is 0. The van der Waals surface area contributed by atoms with E-state index in [1.165, 1.54) is 0 Å². The molecule has 43 heavy (non-hydrogen) atoms. The molecule has 0 unspecified atom stereocenters. The lowest BCUT2D eigenvalue weighted by molar-refractivity contribution is 0.669. The Bertz CT molecular complexity index is 3940. The van der Waals surface area contributed by atoms with Gasteiger partial charge in [0.05, 0.1) is 35.6 Å². The van der Waals surface area contributed by atoms with Crippen molar-refractivity contribution in [1.82, 2.24) is 0 Å². The zero-order valence-corrected chi connectivity index (χ0v) is 21.4. The van der Waals surface area contributed by atoms with Crippen LogP contribution in [0.15, 0.2) is 162 Å². The van der Waals surface area contributed by atoms with Crippen LogP contribution in [0.25, 0.3) is 87.6 Å². The third kappa shape index (κ3) is 3.79. The van der Waals surface area contributed by atoms with Gasteiger partial charge >= 0.3 is 0 Å². The Hall–Kier alpha value is -5.66. The third-order valence-corrected chi connectivity index (χ3v) is 6.89. The number of fused-ring (bicyclic) bond motifs is 6. The molecule has 0 radical (unpaired) electrons. The smallest absolute Gasteiger partial charge is 0.135 e. The molecule has 0 aliphatic rings. The SMILES string of the molecule is [2H]c1c([2H])c([2H])c(-c2c3c([2H])c([2H])c([2H])c([2H])c3c(-c3c([2H])c([2H])c4oc5c([2H])c([2H])c([2H])c([2H])c5c4c3[2H])c3c([2H])c(-c4c([2H])c([2H])c5c([2H])c([2H])c([2H])c([2H])c5c4[2H])c([2H])c([2H])c23)c([2H])c1[2H]. The molecule has 0 N–H and O–H groups in total. The van der Waals surface area contributed by atoms with Gasteiger partial charge in [-0.2, -0.15) is 0 Å². The van der Waals surface area contributed by atoms with E-state index in [-0.39, 0.29) is 0 Å². The Labute approximate surface area is 285 Å². The number of hydrogen-bond acceptors (Lipinski definition) is 1. The van der Waals surface area contributed by atoms with Gasteiger partial charge in [-0.1, -0.05) is 127 Å². The Kier molecular flexibility index (Phi) is 2.13. The lowest BCUT2D eigenvalue weighted by atomic mass is 9.84. The highest BCUT2D eigenvalue weighted by atomic mass is 16.3. The van der Waals surface area contributed by atoms with E-state index in [4.69, 9.17) is 27.7 Å². The van der Waals surface area contributed by atoms with Gasteiger partial charge in [0, 0.05) is 10.8 Å². The maximum Gasteiger partial charge on any atom is 0.135 e. The second-order valence-corrected chi connectivity index (χ2v) is 9.26. The fourth-order valence-electron chi connectivity index (χ4n) is 5.05. The average molecular weight is 573 g/mol. The molecule has 0 bridgehead atoms.